The molecule has 0 bridgehead atoms. The van der Waals surface area contributed by atoms with E-state index >= 15 is 0 Å². The highest BCUT2D eigenvalue weighted by molar-refractivity contribution is 5.79. The molecule has 0 saturated carbocycles. The molecule has 0 spiro atoms. The molecule has 0 aliphatic heterocycles. The van der Waals surface area contributed by atoms with Crippen molar-refractivity contribution in [2.45, 2.75) is 12.0 Å². The topological polar surface area (TPSA) is 70.6 Å². The van der Waals surface area contributed by atoms with Crippen molar-refractivity contribution in [3.63, 3.8) is 0 Å². The van der Waals surface area contributed by atoms with E-state index in [4.69, 9.17) is 4.74 Å². The molecule has 2 aromatic carbocycles. The monoisotopic (exact) mass is 326 g/mol. The summed E-state index contributed by atoms with van der Waals surface area (Å²) in [6.45, 7) is 0.864. The molecule has 1 aliphatic rings. The van der Waals surface area contributed by atoms with Crippen LogP contribution in [0.25, 0.3) is 11.1 Å². The van der Waals surface area contributed by atoms with Crippen molar-refractivity contribution in [1.29, 1.82) is 0 Å². The Morgan fingerprint density at radius 2 is 1.67 bits per heavy atom. The molecule has 5 nitrogen and oxygen atoms in total. The van der Waals surface area contributed by atoms with Gasteiger partial charge in [-0.25, -0.2) is 4.79 Å². The predicted octanol–water partition coefficient (Wildman–Crippen LogP) is 2.11. The first-order valence-corrected chi connectivity index (χ1v) is 8.12. The van der Waals surface area contributed by atoms with E-state index in [1.807, 2.05) is 24.3 Å². The van der Waals surface area contributed by atoms with Crippen molar-refractivity contribution in [3.8, 4) is 11.1 Å². The van der Waals surface area contributed by atoms with E-state index in [0.29, 0.717) is 6.54 Å². The zero-order valence-electron chi connectivity index (χ0n) is 13.7. The van der Waals surface area contributed by atoms with Crippen LogP contribution in [0.4, 0.5) is 4.79 Å². The van der Waals surface area contributed by atoms with Crippen LogP contribution in [0.2, 0.25) is 0 Å². The van der Waals surface area contributed by atoms with Crippen LogP contribution in [-0.2, 0) is 4.74 Å². The van der Waals surface area contributed by atoms with Crippen LogP contribution >= 0.6 is 0 Å². The van der Waals surface area contributed by atoms with Gasteiger partial charge in [-0.1, -0.05) is 48.5 Å². The lowest BCUT2D eigenvalue weighted by atomic mass is 9.98. The normalized spacial score (nSPS) is 13.9. The highest BCUT2D eigenvalue weighted by atomic mass is 16.5. The molecule has 24 heavy (non-hydrogen) atoms. The average Bonchev–Trinajstić information content (AvgIpc) is 2.92. The number of aliphatic hydroxyl groups is 1. The Bertz CT molecular complexity index is 672. The molecule has 1 amide bonds. The number of hydrogen-bond donors (Lipinski definition) is 3. The number of alkyl carbamates (subject to hydrolysis) is 1. The van der Waals surface area contributed by atoms with Crippen molar-refractivity contribution < 1.29 is 14.6 Å². The van der Waals surface area contributed by atoms with Crippen LogP contribution in [0.1, 0.15) is 17.0 Å². The lowest BCUT2D eigenvalue weighted by Gasteiger charge is -2.15. The smallest absolute Gasteiger partial charge is 0.407 e. The minimum absolute atomic E-state index is 0.0466. The van der Waals surface area contributed by atoms with Gasteiger partial charge in [-0.15, -0.1) is 0 Å². The van der Waals surface area contributed by atoms with Crippen molar-refractivity contribution in [2.24, 2.45) is 0 Å². The first kappa shape index (κ1) is 16.5. The number of likely N-dealkylation sites (N-methyl/N-ethyl adjacent to an activating group) is 1. The van der Waals surface area contributed by atoms with Gasteiger partial charge >= 0.3 is 6.09 Å². The van der Waals surface area contributed by atoms with Gasteiger partial charge in [-0.2, -0.15) is 0 Å². The van der Waals surface area contributed by atoms with Crippen LogP contribution < -0.4 is 10.6 Å². The minimum atomic E-state index is -0.629. The Morgan fingerprint density at radius 1 is 1.08 bits per heavy atom. The van der Waals surface area contributed by atoms with E-state index in [2.05, 4.69) is 34.9 Å². The zero-order valence-corrected chi connectivity index (χ0v) is 13.7. The van der Waals surface area contributed by atoms with Gasteiger partial charge in [0.05, 0.1) is 6.10 Å². The van der Waals surface area contributed by atoms with Gasteiger partial charge in [0.1, 0.15) is 6.61 Å². The third kappa shape index (κ3) is 3.42. The molecular formula is C19H22N2O3. The van der Waals surface area contributed by atoms with Crippen LogP contribution in [-0.4, -0.2) is 44.0 Å². The lowest BCUT2D eigenvalue weighted by molar-refractivity contribution is 0.128. The standard InChI is InChI=1S/C19H22N2O3/c1-20-10-13(22)11-21-19(23)24-12-18-16-8-4-2-6-14(16)15-7-3-5-9-17(15)18/h2-9,13,18,20,22H,10-12H2,1H3,(H,21,23). The highest BCUT2D eigenvalue weighted by Gasteiger charge is 2.28. The third-order valence-electron chi connectivity index (χ3n) is 4.27. The summed E-state index contributed by atoms with van der Waals surface area (Å²) in [6.07, 6.45) is -1.14. The first-order chi connectivity index (χ1) is 11.7. The van der Waals surface area contributed by atoms with Crippen LogP contribution in [0, 0.1) is 0 Å². The molecule has 3 N–H and O–H groups in total. The molecule has 0 aromatic heterocycles. The van der Waals surface area contributed by atoms with Crippen molar-refractivity contribution in [1.82, 2.24) is 10.6 Å². The fraction of sp³-hybridized carbons (Fsp3) is 0.316. The van der Waals surface area contributed by atoms with Gasteiger partial charge < -0.3 is 20.5 Å². The van der Waals surface area contributed by atoms with Gasteiger partial charge in [0.2, 0.25) is 0 Å². The third-order valence-corrected chi connectivity index (χ3v) is 4.27. The first-order valence-electron chi connectivity index (χ1n) is 8.12. The number of nitrogens with one attached hydrogen (secondary N) is 2. The maximum atomic E-state index is 11.9. The minimum Gasteiger partial charge on any atom is -0.449 e. The molecule has 0 radical (unpaired) electrons. The summed E-state index contributed by atoms with van der Waals surface area (Å²) in [5.74, 6) is 0.0466. The molecule has 1 atom stereocenters. The summed E-state index contributed by atoms with van der Waals surface area (Å²) < 4.78 is 5.39. The summed E-state index contributed by atoms with van der Waals surface area (Å²) in [4.78, 5) is 11.9. The summed E-state index contributed by atoms with van der Waals surface area (Å²) in [6, 6.07) is 16.4. The molecule has 2 aromatic rings. The Hall–Kier alpha value is -2.37. The number of fused-ring (bicyclic) bond motifs is 3. The van der Waals surface area contributed by atoms with E-state index in [-0.39, 0.29) is 19.1 Å². The second-order valence-corrected chi connectivity index (χ2v) is 5.92. The molecule has 5 heteroatoms. The number of carbonyl (C=O) groups is 1. The number of amides is 1. The SMILES string of the molecule is CNCC(O)CNC(=O)OCC1c2ccccc2-c2ccccc21. The van der Waals surface area contributed by atoms with Crippen LogP contribution in [0.3, 0.4) is 0 Å². The summed E-state index contributed by atoms with van der Waals surface area (Å²) in [7, 11) is 1.75. The summed E-state index contributed by atoms with van der Waals surface area (Å²) in [5.41, 5.74) is 4.77. The molecule has 0 saturated heterocycles. The Balaban J connectivity index is 1.64. The van der Waals surface area contributed by atoms with Crippen molar-refractivity contribution in [2.75, 3.05) is 26.7 Å². The van der Waals surface area contributed by atoms with Gasteiger partial charge in [-0.05, 0) is 29.3 Å². The lowest BCUT2D eigenvalue weighted by Crippen LogP contribution is -2.37. The average molecular weight is 326 g/mol. The molecule has 126 valence electrons. The molecular weight excluding hydrogens is 304 g/mol. The Labute approximate surface area is 141 Å². The number of rotatable bonds is 6. The van der Waals surface area contributed by atoms with Gasteiger partial charge in [0, 0.05) is 19.0 Å². The molecule has 1 aliphatic carbocycles. The van der Waals surface area contributed by atoms with Crippen molar-refractivity contribution in [3.05, 3.63) is 59.7 Å². The molecule has 0 heterocycles. The van der Waals surface area contributed by atoms with Crippen molar-refractivity contribution >= 4 is 6.09 Å². The summed E-state index contributed by atoms with van der Waals surface area (Å²) >= 11 is 0. The Morgan fingerprint density at radius 3 is 2.25 bits per heavy atom. The number of hydrogen-bond acceptors (Lipinski definition) is 4. The van der Waals surface area contributed by atoms with Gasteiger partial charge in [0.15, 0.2) is 0 Å². The van der Waals surface area contributed by atoms with Crippen LogP contribution in [0.5, 0.6) is 0 Å². The highest BCUT2D eigenvalue weighted by Crippen LogP contribution is 2.44. The van der Waals surface area contributed by atoms with E-state index in [1.165, 1.54) is 22.3 Å². The molecule has 1 unspecified atom stereocenters. The largest absolute Gasteiger partial charge is 0.449 e. The maximum Gasteiger partial charge on any atom is 0.407 e. The van der Waals surface area contributed by atoms with E-state index in [9.17, 15) is 9.90 Å². The van der Waals surface area contributed by atoms with Crippen LogP contribution in [0.15, 0.2) is 48.5 Å². The summed E-state index contributed by atoms with van der Waals surface area (Å²) in [5, 5.41) is 15.0. The van der Waals surface area contributed by atoms with E-state index < -0.39 is 12.2 Å². The van der Waals surface area contributed by atoms with Gasteiger partial charge in [-0.3, -0.25) is 0 Å². The quantitative estimate of drug-likeness (QED) is 0.760. The fourth-order valence-electron chi connectivity index (χ4n) is 3.16. The van der Waals surface area contributed by atoms with E-state index in [1.54, 1.807) is 7.05 Å². The maximum absolute atomic E-state index is 11.9. The predicted molar refractivity (Wildman–Crippen MR) is 93.0 cm³/mol. The number of benzene rings is 2. The number of aliphatic hydroxyl groups excluding tert-OH is 1. The fourth-order valence-corrected chi connectivity index (χ4v) is 3.16. The second kappa shape index (κ2) is 7.47. The number of ether oxygens (including phenoxy) is 1. The second-order valence-electron chi connectivity index (χ2n) is 5.92. The molecule has 3 rings (SSSR count). The Kier molecular flexibility index (Phi) is 5.13. The zero-order chi connectivity index (χ0) is 16.9. The number of carbonyl (C=O) groups excluding carboxylic acids is 1. The van der Waals surface area contributed by atoms with Gasteiger partial charge in [0.25, 0.3) is 0 Å². The molecule has 0 fully saturated rings. The van der Waals surface area contributed by atoms with E-state index in [0.717, 1.165) is 0 Å².